The molecule has 0 spiro atoms. The van der Waals surface area contributed by atoms with E-state index in [-0.39, 0.29) is 6.04 Å². The van der Waals surface area contributed by atoms with Crippen molar-refractivity contribution < 1.29 is 0 Å². The fourth-order valence-corrected chi connectivity index (χ4v) is 4.47. The second kappa shape index (κ2) is 5.43. The van der Waals surface area contributed by atoms with Gasteiger partial charge in [-0.1, -0.05) is 18.0 Å². The minimum atomic E-state index is 0.124. The number of rotatable bonds is 5. The molecule has 0 saturated heterocycles. The van der Waals surface area contributed by atoms with Crippen molar-refractivity contribution in [3.8, 4) is 0 Å². The lowest BCUT2D eigenvalue weighted by atomic mass is 9.83. The van der Waals surface area contributed by atoms with E-state index in [1.54, 1.807) is 6.20 Å². The van der Waals surface area contributed by atoms with Crippen LogP contribution in [-0.4, -0.2) is 9.78 Å². The van der Waals surface area contributed by atoms with Crippen LogP contribution in [0.1, 0.15) is 50.8 Å². The molecule has 1 aromatic heterocycles. The molecule has 1 heterocycles. The van der Waals surface area contributed by atoms with Gasteiger partial charge in [-0.3, -0.25) is 16.0 Å². The third kappa shape index (κ3) is 2.41. The highest BCUT2D eigenvalue weighted by Crippen LogP contribution is 2.51. The molecule has 0 aromatic carbocycles. The number of aryl methyl sites for hydroxylation is 1. The molecule has 3 rings (SSSR count). The highest BCUT2D eigenvalue weighted by Gasteiger charge is 2.40. The second-order valence-electron chi connectivity index (χ2n) is 6.08. The summed E-state index contributed by atoms with van der Waals surface area (Å²) in [5, 5.41) is 5.04. The zero-order chi connectivity index (χ0) is 13.4. The minimum absolute atomic E-state index is 0.124. The van der Waals surface area contributed by atoms with Crippen LogP contribution in [0.15, 0.2) is 6.20 Å². The second-order valence-corrected chi connectivity index (χ2v) is 6.49. The van der Waals surface area contributed by atoms with Gasteiger partial charge in [0, 0.05) is 6.54 Å². The van der Waals surface area contributed by atoms with Crippen LogP contribution in [0.25, 0.3) is 0 Å². The molecule has 106 valence electrons. The quantitative estimate of drug-likeness (QED) is 0.645. The lowest BCUT2D eigenvalue weighted by molar-refractivity contribution is 0.274. The van der Waals surface area contributed by atoms with Crippen LogP contribution in [-0.2, 0) is 6.54 Å². The van der Waals surface area contributed by atoms with Crippen molar-refractivity contribution in [1.29, 1.82) is 0 Å². The molecule has 3 N–H and O–H groups in total. The summed E-state index contributed by atoms with van der Waals surface area (Å²) in [6.45, 7) is 2.91. The van der Waals surface area contributed by atoms with Crippen molar-refractivity contribution in [1.82, 2.24) is 15.2 Å². The summed E-state index contributed by atoms with van der Waals surface area (Å²) >= 11 is 6.28. The Kier molecular flexibility index (Phi) is 3.83. The van der Waals surface area contributed by atoms with E-state index >= 15 is 0 Å². The molecule has 2 aliphatic rings. The van der Waals surface area contributed by atoms with E-state index in [1.165, 1.54) is 25.7 Å². The van der Waals surface area contributed by atoms with Gasteiger partial charge in [0.05, 0.1) is 23.0 Å². The molecule has 19 heavy (non-hydrogen) atoms. The Bertz CT molecular complexity index is 445. The van der Waals surface area contributed by atoms with Crippen molar-refractivity contribution in [2.75, 3.05) is 0 Å². The van der Waals surface area contributed by atoms with E-state index in [0.29, 0.717) is 0 Å². The monoisotopic (exact) mass is 282 g/mol. The van der Waals surface area contributed by atoms with Gasteiger partial charge >= 0.3 is 0 Å². The van der Waals surface area contributed by atoms with Gasteiger partial charge in [-0.2, -0.15) is 5.10 Å². The normalized spacial score (nSPS) is 31.0. The Morgan fingerprint density at radius 2 is 2.37 bits per heavy atom. The lowest BCUT2D eigenvalue weighted by Crippen LogP contribution is -2.32. The molecule has 2 aliphatic carbocycles. The van der Waals surface area contributed by atoms with Gasteiger partial charge < -0.3 is 0 Å². The van der Waals surface area contributed by atoms with E-state index in [1.807, 2.05) is 4.68 Å². The lowest BCUT2D eigenvalue weighted by Gasteiger charge is -2.27. The average Bonchev–Trinajstić information content (AvgIpc) is 3.11. The zero-order valence-electron chi connectivity index (χ0n) is 11.5. The highest BCUT2D eigenvalue weighted by molar-refractivity contribution is 6.31. The van der Waals surface area contributed by atoms with E-state index in [9.17, 15) is 0 Å². The Balaban J connectivity index is 1.75. The highest BCUT2D eigenvalue weighted by atomic mass is 35.5. The summed E-state index contributed by atoms with van der Waals surface area (Å²) in [7, 11) is 0. The summed E-state index contributed by atoms with van der Waals surface area (Å²) in [4.78, 5) is 0. The number of hydrogen-bond acceptors (Lipinski definition) is 3. The molecule has 1 aromatic rings. The first-order valence-electron chi connectivity index (χ1n) is 7.40. The van der Waals surface area contributed by atoms with Gasteiger partial charge in [0.1, 0.15) is 0 Å². The molecule has 2 saturated carbocycles. The maximum atomic E-state index is 6.28. The maximum Gasteiger partial charge on any atom is 0.0834 e. The first-order chi connectivity index (χ1) is 9.22. The number of nitrogens with zero attached hydrogens (tertiary/aromatic N) is 2. The number of aromatic nitrogens is 2. The summed E-state index contributed by atoms with van der Waals surface area (Å²) in [6.07, 6.45) is 8.47. The third-order valence-corrected chi connectivity index (χ3v) is 5.38. The van der Waals surface area contributed by atoms with E-state index < -0.39 is 0 Å². The largest absolute Gasteiger partial charge is 0.271 e. The van der Waals surface area contributed by atoms with E-state index in [4.69, 9.17) is 17.4 Å². The topological polar surface area (TPSA) is 55.9 Å². The van der Waals surface area contributed by atoms with Gasteiger partial charge in [0.2, 0.25) is 0 Å². The first-order valence-corrected chi connectivity index (χ1v) is 7.78. The summed E-state index contributed by atoms with van der Waals surface area (Å²) in [5.74, 6) is 8.47. The van der Waals surface area contributed by atoms with Crippen molar-refractivity contribution in [3.05, 3.63) is 16.9 Å². The van der Waals surface area contributed by atoms with Gasteiger partial charge in [0.15, 0.2) is 0 Å². The predicted molar refractivity (Wildman–Crippen MR) is 76.5 cm³/mol. The van der Waals surface area contributed by atoms with Crippen LogP contribution >= 0.6 is 11.6 Å². The number of halogens is 1. The molecule has 5 heteroatoms. The SMILES string of the molecule is CCn1ncc(Cl)c1C(CC1CC2CCC1C2)NN. The number of nitrogens with one attached hydrogen (secondary N) is 1. The standard InChI is InChI=1S/C14H23ClN4/c1-2-19-14(12(15)8-17-19)13(18-16)7-11-6-9-3-4-10(11)5-9/h8-11,13,18H,2-7,16H2,1H3. The van der Waals surface area contributed by atoms with Crippen molar-refractivity contribution in [3.63, 3.8) is 0 Å². The van der Waals surface area contributed by atoms with Crippen LogP contribution < -0.4 is 11.3 Å². The number of nitrogens with two attached hydrogens (primary N) is 1. The average molecular weight is 283 g/mol. The molecule has 0 amide bonds. The van der Waals surface area contributed by atoms with Crippen LogP contribution in [0.2, 0.25) is 5.02 Å². The molecule has 4 unspecified atom stereocenters. The molecule has 2 bridgehead atoms. The number of hydrogen-bond donors (Lipinski definition) is 2. The molecule has 4 nitrogen and oxygen atoms in total. The van der Waals surface area contributed by atoms with Crippen LogP contribution in [0, 0.1) is 17.8 Å². The Labute approximate surface area is 119 Å². The Morgan fingerprint density at radius 3 is 2.95 bits per heavy atom. The third-order valence-electron chi connectivity index (χ3n) is 5.09. The molecule has 0 radical (unpaired) electrons. The molecule has 2 fully saturated rings. The van der Waals surface area contributed by atoms with Gasteiger partial charge in [-0.25, -0.2) is 0 Å². The summed E-state index contributed by atoms with van der Waals surface area (Å²) < 4.78 is 1.96. The van der Waals surface area contributed by atoms with Crippen LogP contribution in [0.4, 0.5) is 0 Å². The summed E-state index contributed by atoms with van der Waals surface area (Å²) in [6, 6.07) is 0.124. The van der Waals surface area contributed by atoms with Gasteiger partial charge in [0.25, 0.3) is 0 Å². The van der Waals surface area contributed by atoms with Crippen molar-refractivity contribution in [2.45, 2.75) is 51.6 Å². The van der Waals surface area contributed by atoms with Gasteiger partial charge in [-0.05, 0) is 50.4 Å². The minimum Gasteiger partial charge on any atom is -0.271 e. The van der Waals surface area contributed by atoms with Gasteiger partial charge in [-0.15, -0.1) is 0 Å². The van der Waals surface area contributed by atoms with Crippen LogP contribution in [0.3, 0.4) is 0 Å². The Hall–Kier alpha value is -0.580. The summed E-state index contributed by atoms with van der Waals surface area (Å²) in [5.41, 5.74) is 4.01. The zero-order valence-corrected chi connectivity index (χ0v) is 12.2. The Morgan fingerprint density at radius 1 is 1.53 bits per heavy atom. The van der Waals surface area contributed by atoms with Crippen molar-refractivity contribution in [2.24, 2.45) is 23.6 Å². The smallest absolute Gasteiger partial charge is 0.0834 e. The first kappa shape index (κ1) is 13.4. The van der Waals surface area contributed by atoms with E-state index in [0.717, 1.165) is 41.4 Å². The number of fused-ring (bicyclic) bond motifs is 2. The van der Waals surface area contributed by atoms with Crippen molar-refractivity contribution >= 4 is 11.6 Å². The fourth-order valence-electron chi connectivity index (χ4n) is 4.20. The fraction of sp³-hybridized carbons (Fsp3) is 0.786. The molecular formula is C14H23ClN4. The number of hydrazine groups is 1. The maximum absolute atomic E-state index is 6.28. The predicted octanol–water partition coefficient (Wildman–Crippen LogP) is 2.89. The van der Waals surface area contributed by atoms with E-state index in [2.05, 4.69) is 17.4 Å². The molecule has 0 aliphatic heterocycles. The molecule has 4 atom stereocenters. The molecular weight excluding hydrogens is 260 g/mol. The van der Waals surface area contributed by atoms with Crippen LogP contribution in [0.5, 0.6) is 0 Å².